The minimum atomic E-state index is 0.727. The van der Waals surface area contributed by atoms with E-state index in [4.69, 9.17) is 10.5 Å². The van der Waals surface area contributed by atoms with Gasteiger partial charge in [0.15, 0.2) is 0 Å². The number of anilines is 1. The number of rotatable bonds is 4. The molecule has 0 saturated heterocycles. The maximum atomic E-state index is 5.70. The fraction of sp³-hybridized carbons (Fsp3) is 0.188. The number of nitrogens with two attached hydrogens (primary N) is 1. The predicted octanol–water partition coefficient (Wildman–Crippen LogP) is 3.60. The van der Waals surface area contributed by atoms with E-state index >= 15 is 0 Å². The van der Waals surface area contributed by atoms with Gasteiger partial charge in [-0.15, -0.1) is 0 Å². The number of nitrogens with one attached hydrogen (secondary N) is 1. The lowest BCUT2D eigenvalue weighted by atomic mass is 10.2. The number of fused-ring (bicyclic) bond motifs is 1. The molecule has 3 aromatic rings. The maximum absolute atomic E-state index is 5.70. The Morgan fingerprint density at radius 2 is 1.95 bits per heavy atom. The summed E-state index contributed by atoms with van der Waals surface area (Å²) < 4.78 is 5.63. The fourth-order valence-electron chi connectivity index (χ4n) is 2.08. The number of H-pyrrole nitrogens is 1. The number of ether oxygens (including phenoxy) is 1. The Balaban J connectivity index is 1.95. The van der Waals surface area contributed by atoms with E-state index in [1.807, 2.05) is 42.5 Å². The number of nitrogens with zero attached hydrogens (tertiary/aromatic N) is 1. The van der Waals surface area contributed by atoms with Gasteiger partial charge < -0.3 is 15.5 Å². The average Bonchev–Trinajstić information content (AvgIpc) is 2.89. The highest BCUT2D eigenvalue weighted by molar-refractivity contribution is 5.80. The van der Waals surface area contributed by atoms with Crippen molar-refractivity contribution in [2.45, 2.75) is 13.3 Å². The molecule has 0 aliphatic heterocycles. The van der Waals surface area contributed by atoms with Gasteiger partial charge in [-0.2, -0.15) is 0 Å². The van der Waals surface area contributed by atoms with Crippen molar-refractivity contribution in [3.05, 3.63) is 42.5 Å². The third-order valence-electron chi connectivity index (χ3n) is 3.11. The fourth-order valence-corrected chi connectivity index (χ4v) is 2.08. The Morgan fingerprint density at radius 1 is 1.15 bits per heavy atom. The zero-order valence-electron chi connectivity index (χ0n) is 11.4. The van der Waals surface area contributed by atoms with Crippen LogP contribution in [0.3, 0.4) is 0 Å². The number of hydrogen-bond acceptors (Lipinski definition) is 3. The summed E-state index contributed by atoms with van der Waals surface area (Å²) in [6, 6.07) is 13.6. The Bertz CT molecular complexity index is 716. The molecule has 3 N–H and O–H groups in total. The van der Waals surface area contributed by atoms with Gasteiger partial charge >= 0.3 is 0 Å². The van der Waals surface area contributed by atoms with E-state index in [1.54, 1.807) is 0 Å². The van der Waals surface area contributed by atoms with Crippen molar-refractivity contribution in [1.82, 2.24) is 9.97 Å². The van der Waals surface area contributed by atoms with Gasteiger partial charge in [-0.1, -0.05) is 6.92 Å². The van der Waals surface area contributed by atoms with Crippen molar-refractivity contribution in [3.8, 4) is 17.1 Å². The third-order valence-corrected chi connectivity index (χ3v) is 3.11. The molecule has 2 aromatic carbocycles. The Labute approximate surface area is 117 Å². The molecule has 0 spiro atoms. The van der Waals surface area contributed by atoms with E-state index in [1.165, 1.54) is 0 Å². The zero-order valence-corrected chi connectivity index (χ0v) is 11.4. The van der Waals surface area contributed by atoms with Crippen LogP contribution in [-0.4, -0.2) is 16.6 Å². The summed E-state index contributed by atoms with van der Waals surface area (Å²) in [5.41, 5.74) is 9.38. The molecule has 4 nitrogen and oxygen atoms in total. The monoisotopic (exact) mass is 267 g/mol. The van der Waals surface area contributed by atoms with Crippen LogP contribution in [-0.2, 0) is 0 Å². The molecule has 3 rings (SSSR count). The molecule has 1 heterocycles. The van der Waals surface area contributed by atoms with Gasteiger partial charge in [-0.25, -0.2) is 4.98 Å². The molecule has 20 heavy (non-hydrogen) atoms. The molecule has 0 radical (unpaired) electrons. The molecule has 102 valence electrons. The van der Waals surface area contributed by atoms with Crippen LogP contribution in [0, 0.1) is 0 Å². The number of hydrogen-bond donors (Lipinski definition) is 2. The molecule has 1 aromatic heterocycles. The summed E-state index contributed by atoms with van der Waals surface area (Å²) in [7, 11) is 0. The molecular weight excluding hydrogens is 250 g/mol. The topological polar surface area (TPSA) is 63.9 Å². The quantitative estimate of drug-likeness (QED) is 0.710. The largest absolute Gasteiger partial charge is 0.494 e. The third kappa shape index (κ3) is 2.45. The summed E-state index contributed by atoms with van der Waals surface area (Å²) >= 11 is 0. The zero-order chi connectivity index (χ0) is 13.9. The van der Waals surface area contributed by atoms with Gasteiger partial charge in [0.05, 0.1) is 17.6 Å². The van der Waals surface area contributed by atoms with Crippen molar-refractivity contribution < 1.29 is 4.74 Å². The number of aromatic amines is 1. The second-order valence-corrected chi connectivity index (χ2v) is 4.73. The SMILES string of the molecule is CCCOc1ccc2nc(-c3ccc(N)cc3)[nH]c2c1. The number of benzene rings is 2. The van der Waals surface area contributed by atoms with Crippen molar-refractivity contribution >= 4 is 16.7 Å². The van der Waals surface area contributed by atoms with Gasteiger partial charge in [-0.3, -0.25) is 0 Å². The van der Waals surface area contributed by atoms with Crippen LogP contribution in [0.1, 0.15) is 13.3 Å². The normalized spacial score (nSPS) is 10.8. The van der Waals surface area contributed by atoms with E-state index in [0.717, 1.165) is 46.9 Å². The highest BCUT2D eigenvalue weighted by Gasteiger charge is 2.06. The first kappa shape index (κ1) is 12.5. The molecule has 0 unspecified atom stereocenters. The molecule has 0 atom stereocenters. The van der Waals surface area contributed by atoms with E-state index in [9.17, 15) is 0 Å². The summed E-state index contributed by atoms with van der Waals surface area (Å²) in [5.74, 6) is 1.71. The predicted molar refractivity (Wildman–Crippen MR) is 81.7 cm³/mol. The first-order chi connectivity index (χ1) is 9.76. The molecule has 0 aliphatic rings. The standard InChI is InChI=1S/C16H17N3O/c1-2-9-20-13-7-8-14-15(10-13)19-16(18-14)11-3-5-12(17)6-4-11/h3-8,10H,2,9,17H2,1H3,(H,18,19). The lowest BCUT2D eigenvalue weighted by Gasteiger charge is -2.03. The highest BCUT2D eigenvalue weighted by atomic mass is 16.5. The van der Waals surface area contributed by atoms with Gasteiger partial charge in [0.2, 0.25) is 0 Å². The van der Waals surface area contributed by atoms with Crippen LogP contribution in [0.4, 0.5) is 5.69 Å². The van der Waals surface area contributed by atoms with Crippen LogP contribution in [0.2, 0.25) is 0 Å². The Kier molecular flexibility index (Phi) is 3.29. The van der Waals surface area contributed by atoms with Crippen LogP contribution in [0.25, 0.3) is 22.4 Å². The molecule has 0 bridgehead atoms. The molecule has 0 saturated carbocycles. The summed E-state index contributed by atoms with van der Waals surface area (Å²) in [4.78, 5) is 7.90. The van der Waals surface area contributed by atoms with Crippen molar-refractivity contribution in [3.63, 3.8) is 0 Å². The Morgan fingerprint density at radius 3 is 2.70 bits per heavy atom. The minimum Gasteiger partial charge on any atom is -0.494 e. The van der Waals surface area contributed by atoms with Gasteiger partial charge in [0.25, 0.3) is 0 Å². The molecular formula is C16H17N3O. The molecule has 0 fully saturated rings. The Hall–Kier alpha value is -2.49. The summed E-state index contributed by atoms with van der Waals surface area (Å²) in [6.45, 7) is 2.82. The number of imidazole rings is 1. The van der Waals surface area contributed by atoms with Crippen molar-refractivity contribution in [2.75, 3.05) is 12.3 Å². The van der Waals surface area contributed by atoms with Crippen molar-refractivity contribution in [2.24, 2.45) is 0 Å². The van der Waals surface area contributed by atoms with Gasteiger partial charge in [0, 0.05) is 17.3 Å². The maximum Gasteiger partial charge on any atom is 0.138 e. The molecule has 0 amide bonds. The first-order valence-electron chi connectivity index (χ1n) is 6.75. The molecule has 4 heteroatoms. The van der Waals surface area contributed by atoms with Gasteiger partial charge in [0.1, 0.15) is 11.6 Å². The van der Waals surface area contributed by atoms with Crippen LogP contribution >= 0.6 is 0 Å². The molecule has 0 aliphatic carbocycles. The lowest BCUT2D eigenvalue weighted by Crippen LogP contribution is -1.94. The average molecular weight is 267 g/mol. The lowest BCUT2D eigenvalue weighted by molar-refractivity contribution is 0.318. The summed E-state index contributed by atoms with van der Waals surface area (Å²) in [6.07, 6.45) is 0.998. The van der Waals surface area contributed by atoms with Crippen molar-refractivity contribution in [1.29, 1.82) is 0 Å². The minimum absolute atomic E-state index is 0.727. The van der Waals surface area contributed by atoms with E-state index in [0.29, 0.717) is 0 Å². The van der Waals surface area contributed by atoms with E-state index in [-0.39, 0.29) is 0 Å². The van der Waals surface area contributed by atoms with E-state index < -0.39 is 0 Å². The van der Waals surface area contributed by atoms with Crippen LogP contribution in [0.15, 0.2) is 42.5 Å². The first-order valence-corrected chi connectivity index (χ1v) is 6.75. The van der Waals surface area contributed by atoms with Crippen LogP contribution < -0.4 is 10.5 Å². The summed E-state index contributed by atoms with van der Waals surface area (Å²) in [5, 5.41) is 0. The second kappa shape index (κ2) is 5.25. The second-order valence-electron chi connectivity index (χ2n) is 4.73. The number of nitrogen functional groups attached to an aromatic ring is 1. The highest BCUT2D eigenvalue weighted by Crippen LogP contribution is 2.24. The van der Waals surface area contributed by atoms with E-state index in [2.05, 4.69) is 16.9 Å². The van der Waals surface area contributed by atoms with Gasteiger partial charge in [-0.05, 0) is 42.8 Å². The van der Waals surface area contributed by atoms with Crippen LogP contribution in [0.5, 0.6) is 5.75 Å². The number of aromatic nitrogens is 2. The smallest absolute Gasteiger partial charge is 0.138 e.